The zero-order valence-corrected chi connectivity index (χ0v) is 9.82. The number of hydrogen-bond donors (Lipinski definition) is 0. The number of likely N-dealkylation sites (tertiary alicyclic amines) is 1. The molecule has 2 heteroatoms. The normalized spacial score (nSPS) is 20.9. The van der Waals surface area contributed by atoms with Gasteiger partial charge in [0.25, 0.3) is 0 Å². The van der Waals surface area contributed by atoms with Crippen LogP contribution in [-0.2, 0) is 6.54 Å². The van der Waals surface area contributed by atoms with Gasteiger partial charge in [-0.15, -0.1) is 0 Å². The Morgan fingerprint density at radius 3 is 2.69 bits per heavy atom. The lowest BCUT2D eigenvalue weighted by Gasteiger charge is -2.15. The molecule has 16 heavy (non-hydrogen) atoms. The molecule has 1 saturated heterocycles. The van der Waals surface area contributed by atoms with Gasteiger partial charge in [0.2, 0.25) is 0 Å². The fraction of sp³-hybridized carbons (Fsp3) is 0.500. The van der Waals surface area contributed by atoms with Crippen molar-refractivity contribution >= 4 is 0 Å². The molecule has 1 atom stereocenters. The van der Waals surface area contributed by atoms with Crippen LogP contribution in [-0.4, -0.2) is 18.0 Å². The number of nitriles is 1. The molecule has 0 aliphatic carbocycles. The Morgan fingerprint density at radius 2 is 2.12 bits per heavy atom. The molecule has 0 aromatic heterocycles. The molecule has 0 N–H and O–H groups in total. The summed E-state index contributed by atoms with van der Waals surface area (Å²) in [6.07, 6.45) is 2.64. The number of nitrogens with zero attached hydrogens (tertiary/aromatic N) is 2. The van der Waals surface area contributed by atoms with Gasteiger partial charge in [-0.3, -0.25) is 4.90 Å². The predicted molar refractivity (Wildman–Crippen MR) is 64.8 cm³/mol. The van der Waals surface area contributed by atoms with Gasteiger partial charge in [-0.2, -0.15) is 5.26 Å². The monoisotopic (exact) mass is 214 g/mol. The van der Waals surface area contributed by atoms with Crippen molar-refractivity contribution in [3.05, 3.63) is 35.4 Å². The second-order valence-corrected chi connectivity index (χ2v) is 4.61. The molecule has 0 bridgehead atoms. The van der Waals surface area contributed by atoms with Crippen molar-refractivity contribution in [2.75, 3.05) is 13.1 Å². The predicted octanol–water partition coefficient (Wildman–Crippen LogP) is 2.79. The summed E-state index contributed by atoms with van der Waals surface area (Å²) in [5.41, 5.74) is 2.06. The summed E-state index contributed by atoms with van der Waals surface area (Å²) < 4.78 is 0. The summed E-state index contributed by atoms with van der Waals surface area (Å²) in [7, 11) is 0. The quantitative estimate of drug-likeness (QED) is 0.773. The van der Waals surface area contributed by atoms with Crippen molar-refractivity contribution in [1.29, 1.82) is 5.26 Å². The molecule has 2 nitrogen and oxygen atoms in total. The largest absolute Gasteiger partial charge is 0.299 e. The van der Waals surface area contributed by atoms with Crippen LogP contribution in [0.5, 0.6) is 0 Å². The molecule has 84 valence electrons. The summed E-state index contributed by atoms with van der Waals surface area (Å²) in [6, 6.07) is 10.1. The van der Waals surface area contributed by atoms with Crippen molar-refractivity contribution in [2.24, 2.45) is 5.92 Å². The average Bonchev–Trinajstić information content (AvgIpc) is 2.78. The van der Waals surface area contributed by atoms with Crippen molar-refractivity contribution in [1.82, 2.24) is 4.90 Å². The van der Waals surface area contributed by atoms with Crippen molar-refractivity contribution in [3.8, 4) is 6.07 Å². The van der Waals surface area contributed by atoms with E-state index >= 15 is 0 Å². The van der Waals surface area contributed by atoms with Gasteiger partial charge in [-0.1, -0.05) is 25.5 Å². The Labute approximate surface area is 97.5 Å². The molecule has 0 radical (unpaired) electrons. The summed E-state index contributed by atoms with van der Waals surface area (Å²) in [4.78, 5) is 2.51. The van der Waals surface area contributed by atoms with Gasteiger partial charge >= 0.3 is 0 Å². The third kappa shape index (κ3) is 2.62. The van der Waals surface area contributed by atoms with Crippen LogP contribution in [0.4, 0.5) is 0 Å². The second kappa shape index (κ2) is 5.14. The Kier molecular flexibility index (Phi) is 3.58. The lowest BCUT2D eigenvalue weighted by molar-refractivity contribution is 0.315. The maximum absolute atomic E-state index is 8.72. The van der Waals surface area contributed by atoms with Gasteiger partial charge in [0.15, 0.2) is 0 Å². The van der Waals surface area contributed by atoms with E-state index in [0.29, 0.717) is 0 Å². The summed E-state index contributed by atoms with van der Waals surface area (Å²) in [5.74, 6) is 0.887. The average molecular weight is 214 g/mol. The maximum atomic E-state index is 8.72. The first-order valence-electron chi connectivity index (χ1n) is 6.03. The Balaban J connectivity index is 1.92. The van der Waals surface area contributed by atoms with E-state index in [1.54, 1.807) is 0 Å². The van der Waals surface area contributed by atoms with E-state index in [1.165, 1.54) is 31.5 Å². The SMILES string of the molecule is CCC1CCN(Cc2ccc(C#N)cc2)C1. The van der Waals surface area contributed by atoms with Crippen LogP contribution in [0.3, 0.4) is 0 Å². The fourth-order valence-electron chi connectivity index (χ4n) is 2.33. The van der Waals surface area contributed by atoms with E-state index < -0.39 is 0 Å². The minimum Gasteiger partial charge on any atom is -0.299 e. The van der Waals surface area contributed by atoms with Gasteiger partial charge in [0.1, 0.15) is 0 Å². The van der Waals surface area contributed by atoms with Crippen LogP contribution in [0.25, 0.3) is 0 Å². The van der Waals surface area contributed by atoms with Gasteiger partial charge in [-0.25, -0.2) is 0 Å². The molecular formula is C14H18N2. The lowest BCUT2D eigenvalue weighted by atomic mass is 10.1. The highest BCUT2D eigenvalue weighted by Crippen LogP contribution is 2.20. The van der Waals surface area contributed by atoms with Crippen molar-refractivity contribution in [2.45, 2.75) is 26.3 Å². The zero-order chi connectivity index (χ0) is 11.4. The van der Waals surface area contributed by atoms with Crippen LogP contribution in [0.1, 0.15) is 30.9 Å². The summed E-state index contributed by atoms with van der Waals surface area (Å²) in [6.45, 7) is 5.76. The molecule has 1 fully saturated rings. The van der Waals surface area contributed by atoms with Crippen LogP contribution >= 0.6 is 0 Å². The molecular weight excluding hydrogens is 196 g/mol. The van der Waals surface area contributed by atoms with Crippen LogP contribution in [0, 0.1) is 17.2 Å². The molecule has 1 aliphatic heterocycles. The summed E-state index contributed by atoms with van der Waals surface area (Å²) in [5, 5.41) is 8.72. The molecule has 0 amide bonds. The topological polar surface area (TPSA) is 27.0 Å². The Bertz CT molecular complexity index is 375. The highest BCUT2D eigenvalue weighted by atomic mass is 15.1. The lowest BCUT2D eigenvalue weighted by Crippen LogP contribution is -2.19. The van der Waals surface area contributed by atoms with Gasteiger partial charge in [0, 0.05) is 13.1 Å². The van der Waals surface area contributed by atoms with E-state index in [4.69, 9.17) is 5.26 Å². The van der Waals surface area contributed by atoms with Crippen molar-refractivity contribution < 1.29 is 0 Å². The van der Waals surface area contributed by atoms with Gasteiger partial charge in [0.05, 0.1) is 11.6 Å². The van der Waals surface area contributed by atoms with E-state index in [9.17, 15) is 0 Å². The first-order valence-corrected chi connectivity index (χ1v) is 6.03. The smallest absolute Gasteiger partial charge is 0.0991 e. The first kappa shape index (κ1) is 11.2. The van der Waals surface area contributed by atoms with E-state index in [0.717, 1.165) is 18.0 Å². The molecule has 0 spiro atoms. The highest BCUT2D eigenvalue weighted by Gasteiger charge is 2.20. The number of benzene rings is 1. The van der Waals surface area contributed by atoms with E-state index in [2.05, 4.69) is 30.0 Å². The third-order valence-electron chi connectivity index (χ3n) is 3.44. The molecule has 2 rings (SSSR count). The zero-order valence-electron chi connectivity index (χ0n) is 9.82. The summed E-state index contributed by atoms with van der Waals surface area (Å²) >= 11 is 0. The van der Waals surface area contributed by atoms with E-state index in [1.807, 2.05) is 12.1 Å². The molecule has 1 unspecified atom stereocenters. The fourth-order valence-corrected chi connectivity index (χ4v) is 2.33. The van der Waals surface area contributed by atoms with E-state index in [-0.39, 0.29) is 0 Å². The van der Waals surface area contributed by atoms with Crippen LogP contribution in [0.2, 0.25) is 0 Å². The second-order valence-electron chi connectivity index (χ2n) is 4.61. The Hall–Kier alpha value is -1.33. The standard InChI is InChI=1S/C14H18N2/c1-2-12-7-8-16(10-12)11-14-5-3-13(9-15)4-6-14/h3-6,12H,2,7-8,10-11H2,1H3. The van der Waals surface area contributed by atoms with Gasteiger partial charge < -0.3 is 0 Å². The molecule has 1 heterocycles. The Morgan fingerprint density at radius 1 is 1.38 bits per heavy atom. The highest BCUT2D eigenvalue weighted by molar-refractivity contribution is 5.31. The molecule has 0 saturated carbocycles. The number of rotatable bonds is 3. The van der Waals surface area contributed by atoms with Crippen LogP contribution in [0.15, 0.2) is 24.3 Å². The number of hydrogen-bond acceptors (Lipinski definition) is 2. The minimum absolute atomic E-state index is 0.747. The van der Waals surface area contributed by atoms with Crippen molar-refractivity contribution in [3.63, 3.8) is 0 Å². The van der Waals surface area contributed by atoms with Crippen LogP contribution < -0.4 is 0 Å². The first-order chi connectivity index (χ1) is 7.81. The minimum atomic E-state index is 0.747. The third-order valence-corrected chi connectivity index (χ3v) is 3.44. The maximum Gasteiger partial charge on any atom is 0.0991 e. The molecule has 1 aliphatic rings. The molecule has 1 aromatic carbocycles. The molecule has 1 aromatic rings. The van der Waals surface area contributed by atoms with Gasteiger partial charge in [-0.05, 0) is 36.6 Å².